The lowest BCUT2D eigenvalue weighted by Crippen LogP contribution is -2.19. The van der Waals surface area contributed by atoms with Crippen molar-refractivity contribution in [3.05, 3.63) is 28.8 Å². The summed E-state index contributed by atoms with van der Waals surface area (Å²) in [5.74, 6) is 0.967. The van der Waals surface area contributed by atoms with Gasteiger partial charge in [-0.05, 0) is 68.5 Å². The van der Waals surface area contributed by atoms with Gasteiger partial charge in [0.05, 0.1) is 7.11 Å². The van der Waals surface area contributed by atoms with E-state index in [1.807, 2.05) is 0 Å². The van der Waals surface area contributed by atoms with Crippen molar-refractivity contribution in [2.75, 3.05) is 13.7 Å². The maximum atomic E-state index is 5.27. The molecule has 0 amide bonds. The zero-order chi connectivity index (χ0) is 11.5. The fourth-order valence-corrected chi connectivity index (χ4v) is 2.15. The van der Waals surface area contributed by atoms with Crippen LogP contribution in [-0.2, 0) is 6.42 Å². The minimum absolute atomic E-state index is 0.805. The molecule has 1 fully saturated rings. The maximum absolute atomic E-state index is 5.27. The van der Waals surface area contributed by atoms with Gasteiger partial charge in [0.1, 0.15) is 5.75 Å². The Morgan fingerprint density at radius 3 is 2.38 bits per heavy atom. The lowest BCUT2D eigenvalue weighted by Gasteiger charge is -2.12. The van der Waals surface area contributed by atoms with Crippen molar-refractivity contribution in [1.82, 2.24) is 5.32 Å². The molecule has 1 N–H and O–H groups in total. The third-order valence-corrected chi connectivity index (χ3v) is 3.29. The molecule has 0 heterocycles. The van der Waals surface area contributed by atoms with Gasteiger partial charge in [0.15, 0.2) is 0 Å². The van der Waals surface area contributed by atoms with E-state index >= 15 is 0 Å². The molecule has 2 heteroatoms. The first kappa shape index (κ1) is 11.5. The maximum Gasteiger partial charge on any atom is 0.119 e. The zero-order valence-electron chi connectivity index (χ0n) is 10.5. The van der Waals surface area contributed by atoms with Gasteiger partial charge in [0, 0.05) is 6.04 Å². The van der Waals surface area contributed by atoms with E-state index in [4.69, 9.17) is 4.74 Å². The third-order valence-electron chi connectivity index (χ3n) is 3.29. The Morgan fingerprint density at radius 1 is 1.25 bits per heavy atom. The molecule has 0 bridgehead atoms. The number of ether oxygens (including phenoxy) is 1. The van der Waals surface area contributed by atoms with E-state index in [2.05, 4.69) is 31.3 Å². The summed E-state index contributed by atoms with van der Waals surface area (Å²) in [6, 6.07) is 5.05. The average molecular weight is 219 g/mol. The summed E-state index contributed by atoms with van der Waals surface area (Å²) in [5, 5.41) is 3.56. The van der Waals surface area contributed by atoms with E-state index in [0.717, 1.165) is 24.8 Å². The van der Waals surface area contributed by atoms with Gasteiger partial charge in [-0.15, -0.1) is 0 Å². The van der Waals surface area contributed by atoms with Crippen molar-refractivity contribution >= 4 is 0 Å². The van der Waals surface area contributed by atoms with E-state index in [0.29, 0.717) is 0 Å². The number of benzene rings is 1. The van der Waals surface area contributed by atoms with Crippen LogP contribution in [-0.4, -0.2) is 19.7 Å². The van der Waals surface area contributed by atoms with Gasteiger partial charge < -0.3 is 10.1 Å². The Hall–Kier alpha value is -1.02. The van der Waals surface area contributed by atoms with Crippen molar-refractivity contribution in [3.8, 4) is 5.75 Å². The Kier molecular flexibility index (Phi) is 3.49. The number of nitrogens with one attached hydrogen (secondary N) is 1. The van der Waals surface area contributed by atoms with E-state index in [1.165, 1.54) is 29.5 Å². The van der Waals surface area contributed by atoms with Gasteiger partial charge in [-0.3, -0.25) is 0 Å². The number of methoxy groups -OCH3 is 1. The molecule has 1 saturated carbocycles. The highest BCUT2D eigenvalue weighted by Gasteiger charge is 2.19. The van der Waals surface area contributed by atoms with Crippen molar-refractivity contribution in [2.24, 2.45) is 0 Å². The molecule has 16 heavy (non-hydrogen) atoms. The topological polar surface area (TPSA) is 21.3 Å². The molecular weight excluding hydrogens is 198 g/mol. The van der Waals surface area contributed by atoms with E-state index < -0.39 is 0 Å². The standard InChI is InChI=1S/C14H21NO/c1-10-8-13(16-3)9-11(2)14(10)6-7-15-12-4-5-12/h8-9,12,15H,4-7H2,1-3H3. The molecular formula is C14H21NO. The second kappa shape index (κ2) is 4.88. The summed E-state index contributed by atoms with van der Waals surface area (Å²) < 4.78 is 5.27. The second-order valence-corrected chi connectivity index (χ2v) is 4.72. The molecule has 88 valence electrons. The van der Waals surface area contributed by atoms with Crippen molar-refractivity contribution < 1.29 is 4.74 Å². The van der Waals surface area contributed by atoms with Crippen LogP contribution in [0.15, 0.2) is 12.1 Å². The molecule has 0 spiro atoms. The second-order valence-electron chi connectivity index (χ2n) is 4.72. The summed E-state index contributed by atoms with van der Waals surface area (Å²) in [7, 11) is 1.72. The summed E-state index contributed by atoms with van der Waals surface area (Å²) >= 11 is 0. The highest BCUT2D eigenvalue weighted by molar-refractivity contribution is 5.41. The molecule has 2 nitrogen and oxygen atoms in total. The van der Waals surface area contributed by atoms with E-state index in [9.17, 15) is 0 Å². The van der Waals surface area contributed by atoms with Gasteiger partial charge in [0.2, 0.25) is 0 Å². The highest BCUT2D eigenvalue weighted by Crippen LogP contribution is 2.22. The van der Waals surface area contributed by atoms with E-state index in [-0.39, 0.29) is 0 Å². The largest absolute Gasteiger partial charge is 0.497 e. The highest BCUT2D eigenvalue weighted by atomic mass is 16.5. The fraction of sp³-hybridized carbons (Fsp3) is 0.571. The van der Waals surface area contributed by atoms with Gasteiger partial charge in [0.25, 0.3) is 0 Å². The van der Waals surface area contributed by atoms with Gasteiger partial charge in [-0.1, -0.05) is 0 Å². The van der Waals surface area contributed by atoms with Crippen LogP contribution in [0.2, 0.25) is 0 Å². The molecule has 0 aromatic heterocycles. The van der Waals surface area contributed by atoms with Crippen LogP contribution in [0.5, 0.6) is 5.75 Å². The van der Waals surface area contributed by atoms with Crippen molar-refractivity contribution in [1.29, 1.82) is 0 Å². The molecule has 0 radical (unpaired) electrons. The summed E-state index contributed by atoms with van der Waals surface area (Å²) in [5.41, 5.74) is 4.15. The molecule has 0 aliphatic heterocycles. The molecule has 0 atom stereocenters. The van der Waals surface area contributed by atoms with Crippen LogP contribution in [0.4, 0.5) is 0 Å². The van der Waals surface area contributed by atoms with Gasteiger partial charge in [-0.2, -0.15) is 0 Å². The monoisotopic (exact) mass is 219 g/mol. The first-order valence-electron chi connectivity index (χ1n) is 6.08. The molecule has 0 saturated heterocycles. The number of rotatable bonds is 5. The fourth-order valence-electron chi connectivity index (χ4n) is 2.15. The van der Waals surface area contributed by atoms with Crippen LogP contribution in [0.3, 0.4) is 0 Å². The Morgan fingerprint density at radius 2 is 1.88 bits per heavy atom. The first-order chi connectivity index (χ1) is 7.70. The molecule has 1 aliphatic carbocycles. The lowest BCUT2D eigenvalue weighted by molar-refractivity contribution is 0.414. The van der Waals surface area contributed by atoms with Crippen molar-refractivity contribution in [3.63, 3.8) is 0 Å². The van der Waals surface area contributed by atoms with Gasteiger partial charge >= 0.3 is 0 Å². The summed E-state index contributed by atoms with van der Waals surface area (Å²) in [4.78, 5) is 0. The predicted octanol–water partition coefficient (Wildman–Crippen LogP) is 2.61. The first-order valence-corrected chi connectivity index (χ1v) is 6.08. The summed E-state index contributed by atoms with van der Waals surface area (Å²) in [6.07, 6.45) is 3.85. The minimum Gasteiger partial charge on any atom is -0.497 e. The number of aryl methyl sites for hydroxylation is 2. The van der Waals surface area contributed by atoms with E-state index in [1.54, 1.807) is 7.11 Å². The average Bonchev–Trinajstić information content (AvgIpc) is 3.05. The minimum atomic E-state index is 0.805. The quantitative estimate of drug-likeness (QED) is 0.822. The Labute approximate surface area is 98.0 Å². The van der Waals surface area contributed by atoms with Crippen LogP contribution >= 0.6 is 0 Å². The Balaban J connectivity index is 2.00. The summed E-state index contributed by atoms with van der Waals surface area (Å²) in [6.45, 7) is 5.43. The number of hydrogen-bond donors (Lipinski definition) is 1. The van der Waals surface area contributed by atoms with Gasteiger partial charge in [-0.25, -0.2) is 0 Å². The van der Waals surface area contributed by atoms with Crippen LogP contribution < -0.4 is 10.1 Å². The van der Waals surface area contributed by atoms with Crippen LogP contribution in [0, 0.1) is 13.8 Å². The van der Waals surface area contributed by atoms with Crippen LogP contribution in [0.25, 0.3) is 0 Å². The van der Waals surface area contributed by atoms with Crippen LogP contribution in [0.1, 0.15) is 29.5 Å². The lowest BCUT2D eigenvalue weighted by atomic mass is 9.99. The zero-order valence-corrected chi connectivity index (χ0v) is 10.5. The number of hydrogen-bond acceptors (Lipinski definition) is 2. The van der Waals surface area contributed by atoms with Crippen molar-refractivity contribution in [2.45, 2.75) is 39.2 Å². The molecule has 1 aliphatic rings. The normalized spacial score (nSPS) is 15.2. The third kappa shape index (κ3) is 2.76. The molecule has 1 aromatic carbocycles. The smallest absolute Gasteiger partial charge is 0.119 e. The predicted molar refractivity (Wildman–Crippen MR) is 67.2 cm³/mol. The molecule has 2 rings (SSSR count). The Bertz CT molecular complexity index is 346. The molecule has 0 unspecified atom stereocenters. The SMILES string of the molecule is COc1cc(C)c(CCNC2CC2)c(C)c1. The molecule has 1 aromatic rings.